The van der Waals surface area contributed by atoms with Crippen molar-refractivity contribution in [3.63, 3.8) is 0 Å². The Morgan fingerprint density at radius 1 is 1.00 bits per heavy atom. The first-order valence-corrected chi connectivity index (χ1v) is 3.64. The van der Waals surface area contributed by atoms with Crippen molar-refractivity contribution in [2.75, 3.05) is 0 Å². The van der Waals surface area contributed by atoms with Crippen LogP contribution in [-0.2, 0) is 0 Å². The summed E-state index contributed by atoms with van der Waals surface area (Å²) in [5, 5.41) is 0. The summed E-state index contributed by atoms with van der Waals surface area (Å²) in [6.07, 6.45) is 3.22. The topological polar surface area (TPSA) is 0 Å². The summed E-state index contributed by atoms with van der Waals surface area (Å²) < 4.78 is 0. The van der Waals surface area contributed by atoms with Crippen molar-refractivity contribution in [2.45, 2.75) is 34.6 Å². The zero-order valence-electron chi connectivity index (χ0n) is 7.15. The van der Waals surface area contributed by atoms with Crippen LogP contribution >= 0.6 is 0 Å². The van der Waals surface area contributed by atoms with Crippen molar-refractivity contribution in [3.05, 3.63) is 11.6 Å². The van der Waals surface area contributed by atoms with E-state index in [2.05, 4.69) is 33.8 Å². The Kier molecular flexibility index (Phi) is 3.60. The van der Waals surface area contributed by atoms with E-state index in [9.17, 15) is 0 Å². The molecule has 0 saturated heterocycles. The molecule has 0 unspecified atom stereocenters. The smallest absolute Gasteiger partial charge is 0.0252 e. The van der Waals surface area contributed by atoms with Gasteiger partial charge in [0.25, 0.3) is 0 Å². The molecule has 0 aliphatic carbocycles. The maximum atomic E-state index is 3.22. The Morgan fingerprint density at radius 2 is 1.33 bits per heavy atom. The van der Waals surface area contributed by atoms with Crippen LogP contribution in [0.25, 0.3) is 0 Å². The zero-order valence-corrected chi connectivity index (χ0v) is 7.15. The van der Waals surface area contributed by atoms with Gasteiger partial charge in [-0.1, -0.05) is 33.3 Å². The standard InChI is InChI=1S/C9H17/c1-6-9(7(2)3)8(4)5/h7-8H,1-5H3. The lowest BCUT2D eigenvalue weighted by Crippen LogP contribution is -2.01. The first-order valence-electron chi connectivity index (χ1n) is 3.64. The molecule has 0 bridgehead atoms. The van der Waals surface area contributed by atoms with Gasteiger partial charge in [-0.3, -0.25) is 0 Å². The summed E-state index contributed by atoms with van der Waals surface area (Å²) in [5.41, 5.74) is 1.44. The summed E-state index contributed by atoms with van der Waals surface area (Å²) in [6, 6.07) is 0. The third-order valence-corrected chi connectivity index (χ3v) is 1.53. The lowest BCUT2D eigenvalue weighted by Gasteiger charge is -2.13. The summed E-state index contributed by atoms with van der Waals surface area (Å²) in [7, 11) is 0. The van der Waals surface area contributed by atoms with Crippen molar-refractivity contribution in [2.24, 2.45) is 11.8 Å². The average molecular weight is 125 g/mol. The molecule has 0 rings (SSSR count). The van der Waals surface area contributed by atoms with Crippen LogP contribution in [0.3, 0.4) is 0 Å². The molecule has 9 heavy (non-hydrogen) atoms. The van der Waals surface area contributed by atoms with E-state index >= 15 is 0 Å². The van der Waals surface area contributed by atoms with E-state index in [-0.39, 0.29) is 0 Å². The van der Waals surface area contributed by atoms with Gasteiger partial charge in [-0.2, -0.15) is 0 Å². The fraction of sp³-hybridized carbons (Fsp3) is 0.778. The second-order valence-corrected chi connectivity index (χ2v) is 3.01. The van der Waals surface area contributed by atoms with Crippen LogP contribution in [0, 0.1) is 17.9 Å². The SMILES string of the molecule is C[C]=C(C(C)C)C(C)C. The van der Waals surface area contributed by atoms with Crippen molar-refractivity contribution in [1.29, 1.82) is 0 Å². The predicted octanol–water partition coefficient (Wildman–Crippen LogP) is 3.05. The van der Waals surface area contributed by atoms with Crippen molar-refractivity contribution in [3.8, 4) is 0 Å². The molecule has 0 aromatic carbocycles. The van der Waals surface area contributed by atoms with Crippen LogP contribution in [0.15, 0.2) is 5.57 Å². The third kappa shape index (κ3) is 2.69. The largest absolute Gasteiger partial charge is 0.0619 e. The molecule has 1 radical (unpaired) electrons. The van der Waals surface area contributed by atoms with Gasteiger partial charge in [-0.05, 0) is 24.8 Å². The molecule has 0 heterocycles. The Bertz CT molecular complexity index is 86.6. The monoisotopic (exact) mass is 125 g/mol. The summed E-state index contributed by atoms with van der Waals surface area (Å²) in [5.74, 6) is 1.32. The molecule has 0 aliphatic heterocycles. The summed E-state index contributed by atoms with van der Waals surface area (Å²) in [4.78, 5) is 0. The van der Waals surface area contributed by atoms with Gasteiger partial charge in [0, 0.05) is 0 Å². The Labute approximate surface area is 59.0 Å². The predicted molar refractivity (Wildman–Crippen MR) is 42.1 cm³/mol. The molecule has 0 saturated carbocycles. The zero-order chi connectivity index (χ0) is 7.44. The molecule has 0 spiro atoms. The van der Waals surface area contributed by atoms with Gasteiger partial charge in [0.2, 0.25) is 0 Å². The van der Waals surface area contributed by atoms with Gasteiger partial charge in [-0.25, -0.2) is 0 Å². The van der Waals surface area contributed by atoms with Crippen LogP contribution in [0.5, 0.6) is 0 Å². The molecular weight excluding hydrogens is 108 g/mol. The average Bonchev–Trinajstić information content (AvgIpc) is 1.64. The highest BCUT2D eigenvalue weighted by molar-refractivity contribution is 5.01. The number of rotatable bonds is 2. The van der Waals surface area contributed by atoms with Gasteiger partial charge in [-0.15, -0.1) is 0 Å². The van der Waals surface area contributed by atoms with Crippen molar-refractivity contribution in [1.82, 2.24) is 0 Å². The lowest BCUT2D eigenvalue weighted by atomic mass is 9.93. The highest BCUT2D eigenvalue weighted by Crippen LogP contribution is 2.17. The molecule has 0 aromatic heterocycles. The summed E-state index contributed by atoms with van der Waals surface area (Å²) in [6.45, 7) is 10.9. The fourth-order valence-electron chi connectivity index (χ4n) is 1.24. The molecule has 0 amide bonds. The van der Waals surface area contributed by atoms with E-state index < -0.39 is 0 Å². The number of hydrogen-bond acceptors (Lipinski definition) is 0. The van der Waals surface area contributed by atoms with E-state index in [4.69, 9.17) is 0 Å². The molecule has 0 heteroatoms. The van der Waals surface area contributed by atoms with Crippen molar-refractivity contribution >= 4 is 0 Å². The van der Waals surface area contributed by atoms with E-state index in [1.165, 1.54) is 5.57 Å². The molecule has 0 nitrogen and oxygen atoms in total. The minimum atomic E-state index is 0.662. The normalized spacial score (nSPS) is 10.6. The molecular formula is C9H17. The van der Waals surface area contributed by atoms with Gasteiger partial charge in [0.15, 0.2) is 0 Å². The van der Waals surface area contributed by atoms with E-state index in [0.717, 1.165) is 0 Å². The van der Waals surface area contributed by atoms with Crippen LogP contribution < -0.4 is 0 Å². The molecule has 0 atom stereocenters. The first-order chi connectivity index (χ1) is 4.09. The Morgan fingerprint density at radius 3 is 1.33 bits per heavy atom. The van der Waals surface area contributed by atoms with Gasteiger partial charge >= 0.3 is 0 Å². The minimum absolute atomic E-state index is 0.662. The highest BCUT2D eigenvalue weighted by Gasteiger charge is 2.05. The Balaban J connectivity index is 4.01. The number of hydrogen-bond donors (Lipinski definition) is 0. The van der Waals surface area contributed by atoms with Crippen LogP contribution in [0.4, 0.5) is 0 Å². The van der Waals surface area contributed by atoms with E-state index in [1.807, 2.05) is 6.92 Å². The van der Waals surface area contributed by atoms with Crippen LogP contribution in [0.1, 0.15) is 34.6 Å². The van der Waals surface area contributed by atoms with Crippen molar-refractivity contribution < 1.29 is 0 Å². The van der Waals surface area contributed by atoms with E-state index in [1.54, 1.807) is 0 Å². The molecule has 0 fully saturated rings. The molecule has 0 N–H and O–H groups in total. The second-order valence-electron chi connectivity index (χ2n) is 3.01. The first kappa shape index (κ1) is 8.74. The minimum Gasteiger partial charge on any atom is -0.0619 e. The maximum Gasteiger partial charge on any atom is -0.0252 e. The molecule has 53 valence electrons. The number of allylic oxidation sites excluding steroid dienone is 2. The van der Waals surface area contributed by atoms with E-state index in [0.29, 0.717) is 11.8 Å². The summed E-state index contributed by atoms with van der Waals surface area (Å²) >= 11 is 0. The van der Waals surface area contributed by atoms with Gasteiger partial charge < -0.3 is 0 Å². The maximum absolute atomic E-state index is 3.22. The van der Waals surface area contributed by atoms with Gasteiger partial charge in [0.05, 0.1) is 0 Å². The van der Waals surface area contributed by atoms with Crippen LogP contribution in [-0.4, -0.2) is 0 Å². The second kappa shape index (κ2) is 3.71. The fourth-order valence-corrected chi connectivity index (χ4v) is 1.24. The van der Waals surface area contributed by atoms with Gasteiger partial charge in [0.1, 0.15) is 0 Å². The quantitative estimate of drug-likeness (QED) is 0.532. The lowest BCUT2D eigenvalue weighted by molar-refractivity contribution is 0.620. The third-order valence-electron chi connectivity index (χ3n) is 1.53. The molecule has 0 aliphatic rings. The van der Waals surface area contributed by atoms with Crippen LogP contribution in [0.2, 0.25) is 0 Å². The molecule has 0 aromatic rings. The Hall–Kier alpha value is -0.260. The highest BCUT2D eigenvalue weighted by atomic mass is 14.1.